The van der Waals surface area contributed by atoms with Crippen molar-refractivity contribution in [1.82, 2.24) is 5.43 Å². The minimum absolute atomic E-state index is 0.349. The number of hydrogen-bond acceptors (Lipinski definition) is 3. The van der Waals surface area contributed by atoms with E-state index in [2.05, 4.69) is 32.9 Å². The summed E-state index contributed by atoms with van der Waals surface area (Å²) in [5, 5.41) is 6.83. The van der Waals surface area contributed by atoms with Crippen molar-refractivity contribution in [3.05, 3.63) is 59.2 Å². The Morgan fingerprint density at radius 3 is 2.46 bits per heavy atom. The molecule has 1 aliphatic heterocycles. The van der Waals surface area contributed by atoms with Gasteiger partial charge in [-0.25, -0.2) is 10.2 Å². The summed E-state index contributed by atoms with van der Waals surface area (Å²) < 4.78 is 0. The number of benzene rings is 2. The van der Waals surface area contributed by atoms with Crippen LogP contribution in [0.4, 0.5) is 16.2 Å². The summed E-state index contributed by atoms with van der Waals surface area (Å²) in [6.07, 6.45) is 5.52. The molecule has 2 aromatic rings. The second kappa shape index (κ2) is 8.52. The minimum atomic E-state index is -0.349. The topological polar surface area (TPSA) is 56.7 Å². The number of anilines is 2. The number of amides is 2. The maximum atomic E-state index is 12.0. The normalized spacial score (nSPS) is 14.5. The lowest BCUT2D eigenvalue weighted by Gasteiger charge is -2.28. The van der Waals surface area contributed by atoms with Crippen LogP contribution in [0.3, 0.4) is 0 Å². The Labute approximate surface area is 155 Å². The summed E-state index contributed by atoms with van der Waals surface area (Å²) in [7, 11) is 0. The minimum Gasteiger partial charge on any atom is -0.372 e. The van der Waals surface area contributed by atoms with E-state index in [1.54, 1.807) is 6.21 Å². The van der Waals surface area contributed by atoms with Crippen LogP contribution < -0.4 is 15.6 Å². The van der Waals surface area contributed by atoms with Gasteiger partial charge in [0, 0.05) is 24.5 Å². The summed E-state index contributed by atoms with van der Waals surface area (Å²) in [4.78, 5) is 14.4. The molecule has 0 aromatic heterocycles. The molecule has 1 heterocycles. The summed E-state index contributed by atoms with van der Waals surface area (Å²) in [6, 6.07) is 13.8. The predicted octanol–water partition coefficient (Wildman–Crippen LogP) is 4.45. The predicted molar refractivity (Wildman–Crippen MR) is 108 cm³/mol. The Bertz CT molecular complexity index is 777. The van der Waals surface area contributed by atoms with Crippen molar-refractivity contribution in [3.63, 3.8) is 0 Å². The summed E-state index contributed by atoms with van der Waals surface area (Å²) in [5.41, 5.74) is 7.69. The summed E-state index contributed by atoms with van der Waals surface area (Å²) in [5.74, 6) is 0. The average molecular weight is 350 g/mol. The van der Waals surface area contributed by atoms with E-state index in [1.807, 2.05) is 44.2 Å². The third kappa shape index (κ3) is 4.85. The molecule has 0 unspecified atom stereocenters. The number of aryl methyl sites for hydroxylation is 2. The Hall–Kier alpha value is -2.82. The zero-order valence-electron chi connectivity index (χ0n) is 15.5. The number of urea groups is 1. The van der Waals surface area contributed by atoms with E-state index in [0.29, 0.717) is 0 Å². The molecule has 0 spiro atoms. The van der Waals surface area contributed by atoms with Gasteiger partial charge in [0.1, 0.15) is 0 Å². The van der Waals surface area contributed by atoms with Gasteiger partial charge in [0.2, 0.25) is 0 Å². The summed E-state index contributed by atoms with van der Waals surface area (Å²) >= 11 is 0. The smallest absolute Gasteiger partial charge is 0.339 e. The molecular weight excluding hydrogens is 324 g/mol. The number of hydrazone groups is 1. The molecule has 3 rings (SSSR count). The largest absolute Gasteiger partial charge is 0.372 e. The molecule has 2 amide bonds. The standard InChI is InChI=1S/C21H26N4O/c1-16-6-11-20(17(2)14-16)23-21(26)24-22-15-18-7-9-19(10-8-18)25-12-4-3-5-13-25/h6-11,14-15H,3-5,12-13H2,1-2H3,(H2,23,24,26)/b22-15-. The first-order chi connectivity index (χ1) is 12.6. The van der Waals surface area contributed by atoms with Crippen LogP contribution in [0.5, 0.6) is 0 Å². The number of rotatable bonds is 4. The van der Waals surface area contributed by atoms with Crippen molar-refractivity contribution >= 4 is 23.6 Å². The van der Waals surface area contributed by atoms with Gasteiger partial charge in [0.15, 0.2) is 0 Å². The Kier molecular flexibility index (Phi) is 5.89. The first-order valence-electron chi connectivity index (χ1n) is 9.14. The maximum Gasteiger partial charge on any atom is 0.339 e. The van der Waals surface area contributed by atoms with Crippen LogP contribution >= 0.6 is 0 Å². The van der Waals surface area contributed by atoms with Crippen LogP contribution in [0.1, 0.15) is 36.0 Å². The van der Waals surface area contributed by atoms with Crippen LogP contribution in [0.25, 0.3) is 0 Å². The highest BCUT2D eigenvalue weighted by Gasteiger charge is 2.10. The number of nitrogens with one attached hydrogen (secondary N) is 2. The quantitative estimate of drug-likeness (QED) is 0.632. The fourth-order valence-electron chi connectivity index (χ4n) is 3.19. The summed E-state index contributed by atoms with van der Waals surface area (Å²) in [6.45, 7) is 6.26. The van der Waals surface area contributed by atoms with Crippen molar-refractivity contribution in [2.45, 2.75) is 33.1 Å². The van der Waals surface area contributed by atoms with Crippen molar-refractivity contribution < 1.29 is 4.79 Å². The zero-order valence-corrected chi connectivity index (χ0v) is 15.5. The van der Waals surface area contributed by atoms with Crippen molar-refractivity contribution in [1.29, 1.82) is 0 Å². The molecule has 0 atom stereocenters. The van der Waals surface area contributed by atoms with Crippen LogP contribution in [-0.2, 0) is 0 Å². The average Bonchev–Trinajstić information content (AvgIpc) is 2.65. The molecule has 0 saturated carbocycles. The van der Waals surface area contributed by atoms with Crippen LogP contribution in [0.15, 0.2) is 47.6 Å². The van der Waals surface area contributed by atoms with E-state index in [0.717, 1.165) is 29.9 Å². The Balaban J connectivity index is 1.52. The Morgan fingerprint density at radius 2 is 1.77 bits per heavy atom. The molecule has 0 radical (unpaired) electrons. The zero-order chi connectivity index (χ0) is 18.4. The molecular formula is C21H26N4O. The maximum absolute atomic E-state index is 12.0. The molecule has 5 heteroatoms. The fraction of sp³-hybridized carbons (Fsp3) is 0.333. The number of carbonyl (C=O) groups is 1. The lowest BCUT2D eigenvalue weighted by molar-refractivity contribution is 0.252. The highest BCUT2D eigenvalue weighted by Crippen LogP contribution is 2.19. The molecule has 136 valence electrons. The van der Waals surface area contributed by atoms with E-state index in [1.165, 1.54) is 30.5 Å². The molecule has 1 aliphatic rings. The lowest BCUT2D eigenvalue weighted by Crippen LogP contribution is -2.29. The number of piperidine rings is 1. The second-order valence-electron chi connectivity index (χ2n) is 6.78. The van der Waals surface area contributed by atoms with Gasteiger partial charge in [-0.15, -0.1) is 0 Å². The van der Waals surface area contributed by atoms with Gasteiger partial charge in [-0.2, -0.15) is 5.10 Å². The molecule has 2 aromatic carbocycles. The van der Waals surface area contributed by atoms with E-state index < -0.39 is 0 Å². The number of hydrogen-bond donors (Lipinski definition) is 2. The van der Waals surface area contributed by atoms with E-state index in [-0.39, 0.29) is 6.03 Å². The van der Waals surface area contributed by atoms with E-state index in [4.69, 9.17) is 0 Å². The van der Waals surface area contributed by atoms with Crippen molar-refractivity contribution in [3.8, 4) is 0 Å². The molecule has 0 aliphatic carbocycles. The van der Waals surface area contributed by atoms with E-state index in [9.17, 15) is 4.79 Å². The van der Waals surface area contributed by atoms with Gasteiger partial charge in [-0.1, -0.05) is 29.8 Å². The fourth-order valence-corrected chi connectivity index (χ4v) is 3.19. The first kappa shape index (κ1) is 18.0. The monoisotopic (exact) mass is 350 g/mol. The van der Waals surface area contributed by atoms with Gasteiger partial charge >= 0.3 is 6.03 Å². The molecule has 26 heavy (non-hydrogen) atoms. The SMILES string of the molecule is Cc1ccc(NC(=O)N/N=C\c2ccc(N3CCCCC3)cc2)c(C)c1. The third-order valence-electron chi connectivity index (χ3n) is 4.62. The molecule has 1 fully saturated rings. The molecule has 1 saturated heterocycles. The Morgan fingerprint density at radius 1 is 1.04 bits per heavy atom. The lowest BCUT2D eigenvalue weighted by atomic mass is 10.1. The van der Waals surface area contributed by atoms with Crippen LogP contribution in [0, 0.1) is 13.8 Å². The number of carbonyl (C=O) groups excluding carboxylic acids is 1. The van der Waals surface area contributed by atoms with Gasteiger partial charge in [0.05, 0.1) is 6.21 Å². The van der Waals surface area contributed by atoms with Crippen molar-refractivity contribution in [2.24, 2.45) is 5.10 Å². The highest BCUT2D eigenvalue weighted by molar-refractivity contribution is 5.91. The van der Waals surface area contributed by atoms with Gasteiger partial charge < -0.3 is 10.2 Å². The molecule has 5 nitrogen and oxygen atoms in total. The van der Waals surface area contributed by atoms with Gasteiger partial charge in [0.25, 0.3) is 0 Å². The molecule has 0 bridgehead atoms. The van der Waals surface area contributed by atoms with Crippen LogP contribution in [-0.4, -0.2) is 25.3 Å². The first-order valence-corrected chi connectivity index (χ1v) is 9.14. The molecule has 2 N–H and O–H groups in total. The second-order valence-corrected chi connectivity index (χ2v) is 6.78. The van der Waals surface area contributed by atoms with Gasteiger partial charge in [-0.05, 0) is 62.4 Å². The van der Waals surface area contributed by atoms with Gasteiger partial charge in [-0.3, -0.25) is 0 Å². The van der Waals surface area contributed by atoms with E-state index >= 15 is 0 Å². The van der Waals surface area contributed by atoms with Crippen molar-refractivity contribution in [2.75, 3.05) is 23.3 Å². The van der Waals surface area contributed by atoms with Crippen LogP contribution in [0.2, 0.25) is 0 Å². The number of nitrogens with zero attached hydrogens (tertiary/aromatic N) is 2. The third-order valence-corrected chi connectivity index (χ3v) is 4.62. The highest BCUT2D eigenvalue weighted by atomic mass is 16.2.